The summed E-state index contributed by atoms with van der Waals surface area (Å²) in [4.78, 5) is 8.96. The quantitative estimate of drug-likeness (QED) is 0.465. The highest BCUT2D eigenvalue weighted by molar-refractivity contribution is 5.75. The van der Waals surface area contributed by atoms with Crippen LogP contribution in [-0.4, -0.2) is 39.7 Å². The Morgan fingerprint density at radius 3 is 2.86 bits per heavy atom. The molecular formula is C20H19N9. The van der Waals surface area contributed by atoms with Crippen molar-refractivity contribution in [3.05, 3.63) is 67.0 Å². The van der Waals surface area contributed by atoms with E-state index < -0.39 is 0 Å². The van der Waals surface area contributed by atoms with Gasteiger partial charge in [-0.1, -0.05) is 18.2 Å². The molecule has 0 spiro atoms. The van der Waals surface area contributed by atoms with Crippen molar-refractivity contribution in [2.75, 3.05) is 5.32 Å². The van der Waals surface area contributed by atoms with Crippen LogP contribution in [0.5, 0.6) is 0 Å². The summed E-state index contributed by atoms with van der Waals surface area (Å²) in [5.41, 5.74) is 4.95. The predicted molar refractivity (Wildman–Crippen MR) is 110 cm³/mol. The number of nitrogens with one attached hydrogen (secondary N) is 2. The molecule has 0 aliphatic rings. The lowest BCUT2D eigenvalue weighted by Crippen LogP contribution is -2.04. The molecule has 0 fully saturated rings. The second-order valence-corrected chi connectivity index (χ2v) is 6.67. The number of aromatic amines is 1. The summed E-state index contributed by atoms with van der Waals surface area (Å²) in [5.74, 6) is 0.501. The molecule has 0 aliphatic carbocycles. The first-order valence-corrected chi connectivity index (χ1v) is 9.34. The Balaban J connectivity index is 1.43. The van der Waals surface area contributed by atoms with Gasteiger partial charge < -0.3 is 5.32 Å². The largest absolute Gasteiger partial charge is 0.321 e. The van der Waals surface area contributed by atoms with Gasteiger partial charge in [-0.05, 0) is 24.1 Å². The first-order valence-electron chi connectivity index (χ1n) is 9.34. The summed E-state index contributed by atoms with van der Waals surface area (Å²) in [5, 5.41) is 19.6. The molecule has 4 aromatic heterocycles. The van der Waals surface area contributed by atoms with Crippen molar-refractivity contribution in [1.29, 1.82) is 0 Å². The van der Waals surface area contributed by atoms with E-state index in [0.717, 1.165) is 40.0 Å². The molecule has 0 amide bonds. The Morgan fingerprint density at radius 1 is 1.07 bits per heavy atom. The van der Waals surface area contributed by atoms with Crippen molar-refractivity contribution in [3.63, 3.8) is 0 Å². The lowest BCUT2D eigenvalue weighted by molar-refractivity contribution is 0.660. The number of anilines is 2. The van der Waals surface area contributed by atoms with Gasteiger partial charge in [-0.25, -0.2) is 9.67 Å². The summed E-state index contributed by atoms with van der Waals surface area (Å²) in [6.45, 7) is 3.54. The topological polar surface area (TPSA) is 102 Å². The Morgan fingerprint density at radius 2 is 2.03 bits per heavy atom. The molecule has 29 heavy (non-hydrogen) atoms. The van der Waals surface area contributed by atoms with Gasteiger partial charge in [-0.3, -0.25) is 9.78 Å². The number of rotatable bonds is 6. The Labute approximate surface area is 166 Å². The molecule has 2 N–H and O–H groups in total. The average Bonchev–Trinajstić information content (AvgIpc) is 3.50. The SMILES string of the molecule is CCn1cc(-c2cccc(Cn3ncc4cnc(Nc5cn[nH]c5)nc43)c2)cn1. The van der Waals surface area contributed by atoms with Crippen LogP contribution in [0.25, 0.3) is 22.2 Å². The average molecular weight is 385 g/mol. The summed E-state index contributed by atoms with van der Waals surface area (Å²) in [6.07, 6.45) is 10.9. The molecular weight excluding hydrogens is 366 g/mol. The Kier molecular flexibility index (Phi) is 4.24. The van der Waals surface area contributed by atoms with Gasteiger partial charge in [0, 0.05) is 30.7 Å². The van der Waals surface area contributed by atoms with E-state index in [4.69, 9.17) is 0 Å². The summed E-state index contributed by atoms with van der Waals surface area (Å²) in [6, 6.07) is 8.40. The van der Waals surface area contributed by atoms with Crippen molar-refractivity contribution < 1.29 is 0 Å². The second kappa shape index (κ2) is 7.19. The van der Waals surface area contributed by atoms with Crippen LogP contribution in [0.15, 0.2) is 61.4 Å². The smallest absolute Gasteiger partial charge is 0.229 e. The molecule has 0 radical (unpaired) electrons. The van der Waals surface area contributed by atoms with Gasteiger partial charge in [0.1, 0.15) is 0 Å². The van der Waals surface area contributed by atoms with Crippen LogP contribution in [0.1, 0.15) is 12.5 Å². The molecule has 0 unspecified atom stereocenters. The van der Waals surface area contributed by atoms with Gasteiger partial charge in [0.05, 0.1) is 36.2 Å². The van der Waals surface area contributed by atoms with Gasteiger partial charge in [0.15, 0.2) is 5.65 Å². The van der Waals surface area contributed by atoms with E-state index in [2.05, 4.69) is 73.1 Å². The molecule has 0 saturated heterocycles. The van der Waals surface area contributed by atoms with E-state index in [1.807, 2.05) is 15.6 Å². The zero-order chi connectivity index (χ0) is 19.6. The molecule has 5 aromatic rings. The third-order valence-electron chi connectivity index (χ3n) is 4.68. The highest BCUT2D eigenvalue weighted by Gasteiger charge is 2.09. The number of benzene rings is 1. The minimum atomic E-state index is 0.501. The van der Waals surface area contributed by atoms with Crippen LogP contribution in [-0.2, 0) is 13.1 Å². The fraction of sp³-hybridized carbons (Fsp3) is 0.150. The molecule has 1 aromatic carbocycles. The molecule has 0 aliphatic heterocycles. The third-order valence-corrected chi connectivity index (χ3v) is 4.68. The van der Waals surface area contributed by atoms with Crippen molar-refractivity contribution >= 4 is 22.7 Å². The molecule has 0 bridgehead atoms. The van der Waals surface area contributed by atoms with E-state index in [0.29, 0.717) is 12.5 Å². The minimum absolute atomic E-state index is 0.501. The number of hydrogen-bond acceptors (Lipinski definition) is 6. The second-order valence-electron chi connectivity index (χ2n) is 6.67. The van der Waals surface area contributed by atoms with Gasteiger partial charge in [-0.2, -0.15) is 20.3 Å². The van der Waals surface area contributed by atoms with Crippen molar-refractivity contribution in [2.45, 2.75) is 20.0 Å². The maximum atomic E-state index is 4.62. The fourth-order valence-corrected chi connectivity index (χ4v) is 3.20. The number of fused-ring (bicyclic) bond motifs is 1. The molecule has 5 rings (SSSR count). The van der Waals surface area contributed by atoms with Gasteiger partial charge in [0.25, 0.3) is 0 Å². The lowest BCUT2D eigenvalue weighted by Gasteiger charge is -2.07. The van der Waals surface area contributed by atoms with Crippen molar-refractivity contribution in [1.82, 2.24) is 39.7 Å². The normalized spacial score (nSPS) is 11.2. The minimum Gasteiger partial charge on any atom is -0.321 e. The van der Waals surface area contributed by atoms with Crippen LogP contribution < -0.4 is 5.32 Å². The van der Waals surface area contributed by atoms with E-state index in [1.165, 1.54) is 0 Å². The van der Waals surface area contributed by atoms with Crippen LogP contribution >= 0.6 is 0 Å². The first kappa shape index (κ1) is 17.1. The number of H-pyrrole nitrogens is 1. The van der Waals surface area contributed by atoms with E-state index >= 15 is 0 Å². The maximum Gasteiger partial charge on any atom is 0.229 e. The molecule has 144 valence electrons. The highest BCUT2D eigenvalue weighted by atomic mass is 15.3. The van der Waals surface area contributed by atoms with Crippen LogP contribution in [0, 0.1) is 0 Å². The highest BCUT2D eigenvalue weighted by Crippen LogP contribution is 2.21. The lowest BCUT2D eigenvalue weighted by atomic mass is 10.1. The van der Waals surface area contributed by atoms with Crippen LogP contribution in [0.3, 0.4) is 0 Å². The molecule has 4 heterocycles. The molecule has 9 heteroatoms. The van der Waals surface area contributed by atoms with Crippen LogP contribution in [0.2, 0.25) is 0 Å². The maximum absolute atomic E-state index is 4.62. The first-order chi connectivity index (χ1) is 14.3. The fourth-order valence-electron chi connectivity index (χ4n) is 3.20. The monoisotopic (exact) mass is 385 g/mol. The van der Waals surface area contributed by atoms with Crippen molar-refractivity contribution in [2.24, 2.45) is 0 Å². The number of hydrogen-bond donors (Lipinski definition) is 2. The Bertz CT molecular complexity index is 1250. The molecule has 9 nitrogen and oxygen atoms in total. The number of aryl methyl sites for hydroxylation is 1. The van der Waals surface area contributed by atoms with E-state index in [9.17, 15) is 0 Å². The summed E-state index contributed by atoms with van der Waals surface area (Å²) < 4.78 is 3.81. The predicted octanol–water partition coefficient (Wildman–Crippen LogP) is 3.22. The number of aromatic nitrogens is 8. The number of nitrogens with zero attached hydrogens (tertiary/aromatic N) is 7. The molecule has 0 atom stereocenters. The van der Waals surface area contributed by atoms with Gasteiger partial charge >= 0.3 is 0 Å². The van der Waals surface area contributed by atoms with Gasteiger partial charge in [0.2, 0.25) is 5.95 Å². The summed E-state index contributed by atoms with van der Waals surface area (Å²) in [7, 11) is 0. The van der Waals surface area contributed by atoms with Crippen LogP contribution in [0.4, 0.5) is 11.6 Å². The van der Waals surface area contributed by atoms with E-state index in [-0.39, 0.29) is 0 Å². The zero-order valence-corrected chi connectivity index (χ0v) is 15.8. The van der Waals surface area contributed by atoms with Crippen molar-refractivity contribution in [3.8, 4) is 11.1 Å². The Hall–Kier alpha value is -4.01. The zero-order valence-electron chi connectivity index (χ0n) is 15.8. The standard InChI is InChI=1S/C20H19N9/c1-2-28-13-17(9-24-28)15-5-3-4-14(6-15)12-29-19-16(8-25-29)7-21-20(27-19)26-18-10-22-23-11-18/h3-11,13H,2,12H2,1H3,(H,22,23)(H,21,26,27). The summed E-state index contributed by atoms with van der Waals surface area (Å²) >= 11 is 0. The third kappa shape index (κ3) is 3.45. The van der Waals surface area contributed by atoms with E-state index in [1.54, 1.807) is 24.8 Å². The molecule has 0 saturated carbocycles. The van der Waals surface area contributed by atoms with Gasteiger partial charge in [-0.15, -0.1) is 0 Å².